The van der Waals surface area contributed by atoms with Crippen molar-refractivity contribution < 1.29 is 14.6 Å². The predicted octanol–water partition coefficient (Wildman–Crippen LogP) is 1.55. The molecule has 0 amide bonds. The van der Waals surface area contributed by atoms with Gasteiger partial charge in [0.25, 0.3) is 0 Å². The third kappa shape index (κ3) is 3.63. The number of ether oxygens (including phenoxy) is 1. The molecule has 0 aliphatic carbocycles. The average molecular weight is 252 g/mol. The molecule has 5 heteroatoms. The van der Waals surface area contributed by atoms with E-state index in [0.717, 1.165) is 11.3 Å². The van der Waals surface area contributed by atoms with Gasteiger partial charge in [-0.25, -0.2) is 4.79 Å². The van der Waals surface area contributed by atoms with E-state index in [0.29, 0.717) is 24.2 Å². The third-order valence-corrected chi connectivity index (χ3v) is 2.68. The molecule has 0 radical (unpaired) electrons. The van der Waals surface area contributed by atoms with Gasteiger partial charge in [-0.3, -0.25) is 0 Å². The molecule has 0 fully saturated rings. The Morgan fingerprint density at radius 3 is 2.78 bits per heavy atom. The number of aryl methyl sites for hydroxylation is 1. The fourth-order valence-corrected chi connectivity index (χ4v) is 1.60. The van der Waals surface area contributed by atoms with E-state index in [1.54, 1.807) is 13.0 Å². The molecule has 1 atom stereocenters. The Kier molecular flexibility index (Phi) is 4.97. The van der Waals surface area contributed by atoms with Crippen molar-refractivity contribution in [3.63, 3.8) is 0 Å². The fourth-order valence-electron chi connectivity index (χ4n) is 1.60. The van der Waals surface area contributed by atoms with E-state index in [9.17, 15) is 9.90 Å². The van der Waals surface area contributed by atoms with Crippen LogP contribution >= 0.6 is 0 Å². The van der Waals surface area contributed by atoms with Crippen molar-refractivity contribution in [2.75, 3.05) is 24.7 Å². The first-order valence-corrected chi connectivity index (χ1v) is 5.86. The molecule has 1 aromatic rings. The van der Waals surface area contributed by atoms with Crippen molar-refractivity contribution >= 4 is 17.3 Å². The normalized spacial score (nSPS) is 12.0. The van der Waals surface area contributed by atoms with Crippen LogP contribution in [0.2, 0.25) is 0 Å². The lowest BCUT2D eigenvalue weighted by atomic mass is 10.1. The summed E-state index contributed by atoms with van der Waals surface area (Å²) in [4.78, 5) is 11.6. The number of methoxy groups -OCH3 is 1. The lowest BCUT2D eigenvalue weighted by molar-refractivity contribution is 0.0602. The van der Waals surface area contributed by atoms with Crippen molar-refractivity contribution in [1.29, 1.82) is 0 Å². The van der Waals surface area contributed by atoms with Gasteiger partial charge in [-0.1, -0.05) is 0 Å². The summed E-state index contributed by atoms with van der Waals surface area (Å²) in [5, 5.41) is 12.3. The summed E-state index contributed by atoms with van der Waals surface area (Å²) >= 11 is 0. The maximum absolute atomic E-state index is 11.6. The molecule has 5 nitrogen and oxygen atoms in total. The van der Waals surface area contributed by atoms with Gasteiger partial charge in [0.2, 0.25) is 0 Å². The van der Waals surface area contributed by atoms with Gasteiger partial charge in [0.15, 0.2) is 0 Å². The number of carbonyl (C=O) groups is 1. The standard InChI is InChI=1S/C13H20N2O3/c1-8-6-10(15-5-4-9(2)16)7-11(12(8)14)13(17)18-3/h6-7,9,15-16H,4-5,14H2,1-3H3. The third-order valence-electron chi connectivity index (χ3n) is 2.68. The van der Waals surface area contributed by atoms with E-state index >= 15 is 0 Å². The summed E-state index contributed by atoms with van der Waals surface area (Å²) < 4.78 is 4.68. The summed E-state index contributed by atoms with van der Waals surface area (Å²) in [6, 6.07) is 3.53. The Morgan fingerprint density at radius 2 is 2.22 bits per heavy atom. The number of hydrogen-bond acceptors (Lipinski definition) is 5. The molecule has 1 aromatic carbocycles. The van der Waals surface area contributed by atoms with Crippen molar-refractivity contribution in [2.45, 2.75) is 26.4 Å². The second-order valence-electron chi connectivity index (χ2n) is 4.31. The SMILES string of the molecule is COC(=O)c1cc(NCCC(C)O)cc(C)c1N. The summed E-state index contributed by atoms with van der Waals surface area (Å²) in [5.74, 6) is -0.449. The highest BCUT2D eigenvalue weighted by atomic mass is 16.5. The summed E-state index contributed by atoms with van der Waals surface area (Å²) in [7, 11) is 1.32. The average Bonchev–Trinajstić information content (AvgIpc) is 2.32. The number of carbonyl (C=O) groups excluding carboxylic acids is 1. The van der Waals surface area contributed by atoms with E-state index in [2.05, 4.69) is 10.1 Å². The number of aliphatic hydroxyl groups is 1. The Hall–Kier alpha value is -1.75. The lowest BCUT2D eigenvalue weighted by Crippen LogP contribution is -2.12. The molecular weight excluding hydrogens is 232 g/mol. The Labute approximate surface area is 107 Å². The number of esters is 1. The van der Waals surface area contributed by atoms with E-state index in [-0.39, 0.29) is 6.10 Å². The highest BCUT2D eigenvalue weighted by molar-refractivity contribution is 5.97. The zero-order valence-corrected chi connectivity index (χ0v) is 11.0. The quantitative estimate of drug-likeness (QED) is 0.547. The first-order valence-electron chi connectivity index (χ1n) is 5.86. The first-order chi connectivity index (χ1) is 8.45. The first kappa shape index (κ1) is 14.3. The number of rotatable bonds is 5. The van der Waals surface area contributed by atoms with Gasteiger partial charge >= 0.3 is 5.97 Å². The molecule has 4 N–H and O–H groups in total. The number of aliphatic hydroxyl groups excluding tert-OH is 1. The molecule has 0 aliphatic heterocycles. The van der Waals surface area contributed by atoms with Gasteiger partial charge in [0.05, 0.1) is 18.8 Å². The van der Waals surface area contributed by atoms with E-state index in [4.69, 9.17) is 5.73 Å². The van der Waals surface area contributed by atoms with E-state index in [1.807, 2.05) is 13.0 Å². The second-order valence-corrected chi connectivity index (χ2v) is 4.31. The fraction of sp³-hybridized carbons (Fsp3) is 0.462. The van der Waals surface area contributed by atoms with Crippen LogP contribution in [-0.4, -0.2) is 30.8 Å². The summed E-state index contributed by atoms with van der Waals surface area (Å²) in [6.45, 7) is 4.19. The molecule has 100 valence electrons. The molecule has 1 rings (SSSR count). The van der Waals surface area contributed by atoms with Crippen LogP contribution in [0.1, 0.15) is 29.3 Å². The number of benzene rings is 1. The van der Waals surface area contributed by atoms with Crippen molar-refractivity contribution in [1.82, 2.24) is 0 Å². The summed E-state index contributed by atoms with van der Waals surface area (Å²) in [6.07, 6.45) is 0.282. The highest BCUT2D eigenvalue weighted by Crippen LogP contribution is 2.23. The molecule has 0 saturated carbocycles. The molecule has 0 saturated heterocycles. The zero-order valence-electron chi connectivity index (χ0n) is 11.0. The molecule has 1 unspecified atom stereocenters. The summed E-state index contributed by atoms with van der Waals surface area (Å²) in [5.41, 5.74) is 8.24. The van der Waals surface area contributed by atoms with Gasteiger partial charge in [-0.05, 0) is 38.0 Å². The monoisotopic (exact) mass is 252 g/mol. The van der Waals surface area contributed by atoms with Crippen LogP contribution in [-0.2, 0) is 4.74 Å². The molecular formula is C13H20N2O3. The largest absolute Gasteiger partial charge is 0.465 e. The Balaban J connectivity index is 2.87. The van der Waals surface area contributed by atoms with Crippen LogP contribution in [0.4, 0.5) is 11.4 Å². The van der Waals surface area contributed by atoms with Crippen LogP contribution < -0.4 is 11.1 Å². The Bertz CT molecular complexity index is 430. The molecule has 0 spiro atoms. The number of nitrogens with two attached hydrogens (primary N) is 1. The van der Waals surface area contributed by atoms with Crippen LogP contribution in [0.25, 0.3) is 0 Å². The molecule has 0 heterocycles. The number of nitrogen functional groups attached to an aromatic ring is 1. The second kappa shape index (κ2) is 6.26. The number of nitrogens with one attached hydrogen (secondary N) is 1. The van der Waals surface area contributed by atoms with E-state index in [1.165, 1.54) is 7.11 Å². The van der Waals surface area contributed by atoms with Gasteiger partial charge in [-0.2, -0.15) is 0 Å². The maximum Gasteiger partial charge on any atom is 0.340 e. The minimum atomic E-state index is -0.449. The number of anilines is 2. The smallest absolute Gasteiger partial charge is 0.340 e. The van der Waals surface area contributed by atoms with Crippen molar-refractivity contribution in [3.05, 3.63) is 23.3 Å². The van der Waals surface area contributed by atoms with Crippen LogP contribution in [0.5, 0.6) is 0 Å². The van der Waals surface area contributed by atoms with Gasteiger partial charge in [0, 0.05) is 17.9 Å². The molecule has 0 aromatic heterocycles. The predicted molar refractivity (Wildman–Crippen MR) is 71.7 cm³/mol. The Morgan fingerprint density at radius 1 is 1.56 bits per heavy atom. The lowest BCUT2D eigenvalue weighted by Gasteiger charge is -2.12. The van der Waals surface area contributed by atoms with E-state index < -0.39 is 5.97 Å². The number of hydrogen-bond donors (Lipinski definition) is 3. The molecule has 0 bridgehead atoms. The van der Waals surface area contributed by atoms with Gasteiger partial charge in [0.1, 0.15) is 0 Å². The molecule has 18 heavy (non-hydrogen) atoms. The minimum Gasteiger partial charge on any atom is -0.465 e. The zero-order chi connectivity index (χ0) is 13.7. The topological polar surface area (TPSA) is 84.6 Å². The van der Waals surface area contributed by atoms with Crippen molar-refractivity contribution in [2.24, 2.45) is 0 Å². The van der Waals surface area contributed by atoms with Gasteiger partial charge < -0.3 is 20.9 Å². The minimum absolute atomic E-state index is 0.354. The van der Waals surface area contributed by atoms with Crippen LogP contribution in [0, 0.1) is 6.92 Å². The maximum atomic E-state index is 11.6. The van der Waals surface area contributed by atoms with Crippen molar-refractivity contribution in [3.8, 4) is 0 Å². The van der Waals surface area contributed by atoms with Crippen LogP contribution in [0.15, 0.2) is 12.1 Å². The molecule has 0 aliphatic rings. The van der Waals surface area contributed by atoms with Gasteiger partial charge in [-0.15, -0.1) is 0 Å². The van der Waals surface area contributed by atoms with Crippen LogP contribution in [0.3, 0.4) is 0 Å². The highest BCUT2D eigenvalue weighted by Gasteiger charge is 2.13.